The highest BCUT2D eigenvalue weighted by Gasteiger charge is 2.12. The Morgan fingerprint density at radius 2 is 2.00 bits per heavy atom. The number of hydrogen-bond donors (Lipinski definition) is 2. The van der Waals surface area contributed by atoms with Crippen LogP contribution in [0.4, 0.5) is 16.2 Å². The third-order valence-electron chi connectivity index (χ3n) is 2.33. The molecule has 0 bridgehead atoms. The quantitative estimate of drug-likeness (QED) is 0.771. The van der Waals surface area contributed by atoms with Crippen molar-refractivity contribution in [3.63, 3.8) is 0 Å². The van der Waals surface area contributed by atoms with E-state index < -0.39 is 0 Å². The highest BCUT2D eigenvalue weighted by Crippen LogP contribution is 2.33. The summed E-state index contributed by atoms with van der Waals surface area (Å²) in [7, 11) is 0. The molecule has 96 valence electrons. The van der Waals surface area contributed by atoms with Crippen LogP contribution in [0.1, 0.15) is 5.69 Å². The standard InChI is InChI=1S/C11H10N6S2/c1-6-8(19-9(12)15-6)7-5-18-11(16-7)17-10-13-3-2-4-14-10/h2-5H,1H3,(H2,12,15)(H,13,14,16,17). The maximum absolute atomic E-state index is 5.69. The number of nitrogen functional groups attached to an aromatic ring is 1. The number of hydrogen-bond acceptors (Lipinski definition) is 8. The molecule has 6 nitrogen and oxygen atoms in total. The van der Waals surface area contributed by atoms with E-state index in [-0.39, 0.29) is 0 Å². The Morgan fingerprint density at radius 1 is 1.21 bits per heavy atom. The van der Waals surface area contributed by atoms with Crippen molar-refractivity contribution in [1.82, 2.24) is 19.9 Å². The number of aromatic nitrogens is 4. The first-order chi connectivity index (χ1) is 9.22. The molecular weight excluding hydrogens is 280 g/mol. The molecule has 19 heavy (non-hydrogen) atoms. The van der Waals surface area contributed by atoms with Crippen LogP contribution in [0, 0.1) is 6.92 Å². The van der Waals surface area contributed by atoms with Crippen molar-refractivity contribution in [2.75, 3.05) is 11.1 Å². The van der Waals surface area contributed by atoms with Crippen molar-refractivity contribution in [2.24, 2.45) is 0 Å². The summed E-state index contributed by atoms with van der Waals surface area (Å²) >= 11 is 2.93. The van der Waals surface area contributed by atoms with Gasteiger partial charge in [0.05, 0.1) is 16.3 Å². The summed E-state index contributed by atoms with van der Waals surface area (Å²) in [4.78, 5) is 17.9. The molecule has 0 saturated heterocycles. The fraction of sp³-hybridized carbons (Fsp3) is 0.0909. The molecule has 0 amide bonds. The van der Waals surface area contributed by atoms with Gasteiger partial charge in [0.15, 0.2) is 10.3 Å². The van der Waals surface area contributed by atoms with Crippen LogP contribution in [0.2, 0.25) is 0 Å². The second-order valence-corrected chi connectivity index (χ2v) is 5.59. The van der Waals surface area contributed by atoms with Crippen LogP contribution in [-0.4, -0.2) is 19.9 Å². The summed E-state index contributed by atoms with van der Waals surface area (Å²) < 4.78 is 0. The number of aryl methyl sites for hydroxylation is 1. The first-order valence-electron chi connectivity index (χ1n) is 5.45. The first kappa shape index (κ1) is 12.0. The lowest BCUT2D eigenvalue weighted by Gasteiger charge is -1.98. The van der Waals surface area contributed by atoms with Gasteiger partial charge in [-0.3, -0.25) is 0 Å². The molecule has 0 aliphatic heterocycles. The molecule has 0 fully saturated rings. The van der Waals surface area contributed by atoms with Crippen LogP contribution >= 0.6 is 22.7 Å². The van der Waals surface area contributed by atoms with Crippen LogP contribution in [-0.2, 0) is 0 Å². The highest BCUT2D eigenvalue weighted by atomic mass is 32.1. The van der Waals surface area contributed by atoms with Gasteiger partial charge >= 0.3 is 0 Å². The number of anilines is 3. The molecule has 3 aromatic heterocycles. The molecule has 3 aromatic rings. The van der Waals surface area contributed by atoms with E-state index in [2.05, 4.69) is 25.3 Å². The summed E-state index contributed by atoms with van der Waals surface area (Å²) in [5.41, 5.74) is 7.46. The van der Waals surface area contributed by atoms with Crippen LogP contribution in [0.5, 0.6) is 0 Å². The predicted molar refractivity (Wildman–Crippen MR) is 77.7 cm³/mol. The fourth-order valence-electron chi connectivity index (χ4n) is 1.55. The monoisotopic (exact) mass is 290 g/mol. The van der Waals surface area contributed by atoms with Gasteiger partial charge < -0.3 is 11.1 Å². The molecule has 0 saturated carbocycles. The SMILES string of the molecule is Cc1nc(N)sc1-c1csc(Nc2ncccn2)n1. The molecular formula is C11H10N6S2. The number of nitrogens with one attached hydrogen (secondary N) is 1. The molecule has 0 spiro atoms. The normalized spacial score (nSPS) is 10.6. The van der Waals surface area contributed by atoms with Crippen LogP contribution < -0.4 is 11.1 Å². The third-order valence-corrected chi connectivity index (χ3v) is 4.10. The first-order valence-corrected chi connectivity index (χ1v) is 7.15. The number of rotatable bonds is 3. The van der Waals surface area contributed by atoms with Gasteiger partial charge in [-0.05, 0) is 13.0 Å². The molecule has 3 rings (SSSR count). The lowest BCUT2D eigenvalue weighted by molar-refractivity contribution is 1.16. The molecule has 3 heterocycles. The largest absolute Gasteiger partial charge is 0.375 e. The highest BCUT2D eigenvalue weighted by molar-refractivity contribution is 7.19. The molecule has 0 unspecified atom stereocenters. The zero-order chi connectivity index (χ0) is 13.2. The number of nitrogens with two attached hydrogens (primary N) is 1. The minimum Gasteiger partial charge on any atom is -0.375 e. The van der Waals surface area contributed by atoms with Gasteiger partial charge in [-0.2, -0.15) is 0 Å². The Morgan fingerprint density at radius 3 is 2.68 bits per heavy atom. The second-order valence-electron chi connectivity index (χ2n) is 3.70. The van der Waals surface area contributed by atoms with E-state index in [1.54, 1.807) is 18.5 Å². The van der Waals surface area contributed by atoms with E-state index in [0.717, 1.165) is 21.4 Å². The van der Waals surface area contributed by atoms with Crippen molar-refractivity contribution in [1.29, 1.82) is 0 Å². The summed E-state index contributed by atoms with van der Waals surface area (Å²) in [6, 6.07) is 1.77. The van der Waals surface area contributed by atoms with E-state index in [0.29, 0.717) is 11.1 Å². The van der Waals surface area contributed by atoms with Crippen molar-refractivity contribution < 1.29 is 0 Å². The topological polar surface area (TPSA) is 89.6 Å². The Balaban J connectivity index is 1.86. The number of thiazole rings is 2. The maximum Gasteiger partial charge on any atom is 0.228 e. The molecule has 0 atom stereocenters. The Hall–Kier alpha value is -2.06. The van der Waals surface area contributed by atoms with Crippen LogP contribution in [0.25, 0.3) is 10.6 Å². The maximum atomic E-state index is 5.69. The predicted octanol–water partition coefficient (Wildman–Crippen LogP) is 2.69. The lowest BCUT2D eigenvalue weighted by atomic mass is 10.3. The Labute approximate surface area is 117 Å². The zero-order valence-corrected chi connectivity index (χ0v) is 11.6. The van der Waals surface area contributed by atoms with Gasteiger partial charge in [-0.1, -0.05) is 11.3 Å². The molecule has 0 aliphatic carbocycles. The van der Waals surface area contributed by atoms with Gasteiger partial charge in [0, 0.05) is 17.8 Å². The summed E-state index contributed by atoms with van der Waals surface area (Å²) in [6.07, 6.45) is 3.36. The smallest absolute Gasteiger partial charge is 0.228 e. The minimum absolute atomic E-state index is 0.531. The Kier molecular flexibility index (Phi) is 3.10. The summed E-state index contributed by atoms with van der Waals surface area (Å²) in [5.74, 6) is 0.531. The van der Waals surface area contributed by atoms with Crippen molar-refractivity contribution in [2.45, 2.75) is 6.92 Å². The van der Waals surface area contributed by atoms with Gasteiger partial charge in [0.1, 0.15) is 0 Å². The van der Waals surface area contributed by atoms with E-state index >= 15 is 0 Å². The Bertz CT molecular complexity index is 690. The average Bonchev–Trinajstić information content (AvgIpc) is 2.97. The van der Waals surface area contributed by atoms with E-state index in [9.17, 15) is 0 Å². The van der Waals surface area contributed by atoms with Crippen molar-refractivity contribution in [3.05, 3.63) is 29.5 Å². The average molecular weight is 290 g/mol. The fourth-order valence-corrected chi connectivity index (χ4v) is 3.11. The van der Waals surface area contributed by atoms with Gasteiger partial charge in [0.2, 0.25) is 5.95 Å². The molecule has 0 aromatic carbocycles. The van der Waals surface area contributed by atoms with Gasteiger partial charge in [-0.15, -0.1) is 11.3 Å². The zero-order valence-electron chi connectivity index (χ0n) is 9.99. The van der Waals surface area contributed by atoms with E-state index in [4.69, 9.17) is 5.73 Å². The molecule has 8 heteroatoms. The summed E-state index contributed by atoms with van der Waals surface area (Å²) in [6.45, 7) is 1.93. The third kappa shape index (κ3) is 2.54. The van der Waals surface area contributed by atoms with E-state index in [1.807, 2.05) is 12.3 Å². The number of nitrogens with zero attached hydrogens (tertiary/aromatic N) is 4. The van der Waals surface area contributed by atoms with Crippen LogP contribution in [0.3, 0.4) is 0 Å². The summed E-state index contributed by atoms with van der Waals surface area (Å²) in [5, 5.41) is 6.32. The van der Waals surface area contributed by atoms with Gasteiger partial charge in [-0.25, -0.2) is 19.9 Å². The van der Waals surface area contributed by atoms with Crippen LogP contribution in [0.15, 0.2) is 23.8 Å². The van der Waals surface area contributed by atoms with E-state index in [1.165, 1.54) is 22.7 Å². The minimum atomic E-state index is 0.531. The molecule has 0 aliphatic rings. The lowest BCUT2D eigenvalue weighted by Crippen LogP contribution is -1.94. The van der Waals surface area contributed by atoms with Crippen molar-refractivity contribution >= 4 is 38.9 Å². The van der Waals surface area contributed by atoms with Crippen molar-refractivity contribution in [3.8, 4) is 10.6 Å². The second kappa shape index (κ2) is 4.90. The van der Waals surface area contributed by atoms with Gasteiger partial charge in [0.25, 0.3) is 0 Å². The molecule has 3 N–H and O–H groups in total. The molecule has 0 radical (unpaired) electrons.